The second kappa shape index (κ2) is 9.70. The van der Waals surface area contributed by atoms with Crippen LogP contribution in [-0.2, 0) is 9.59 Å². The van der Waals surface area contributed by atoms with E-state index in [1.807, 2.05) is 4.90 Å². The molecule has 0 aliphatic carbocycles. The van der Waals surface area contributed by atoms with Crippen molar-refractivity contribution in [1.29, 1.82) is 0 Å². The minimum Gasteiger partial charge on any atom is -0.342 e. The van der Waals surface area contributed by atoms with E-state index in [-0.39, 0.29) is 11.9 Å². The molecule has 1 unspecified atom stereocenters. The van der Waals surface area contributed by atoms with Gasteiger partial charge in [0, 0.05) is 52.4 Å². The van der Waals surface area contributed by atoms with Gasteiger partial charge < -0.3 is 9.80 Å². The summed E-state index contributed by atoms with van der Waals surface area (Å²) in [5.41, 5.74) is 0. The van der Waals surface area contributed by atoms with E-state index in [1.54, 1.807) is 0 Å². The number of piperidine rings is 1. The Labute approximate surface area is 158 Å². The summed E-state index contributed by atoms with van der Waals surface area (Å²) in [6.45, 7) is 9.84. The van der Waals surface area contributed by atoms with Gasteiger partial charge in [0.25, 0.3) is 0 Å². The third kappa shape index (κ3) is 5.19. The molecule has 0 N–H and O–H groups in total. The molecule has 0 radical (unpaired) electrons. The molecular weight excluding hydrogens is 328 g/mol. The predicted molar refractivity (Wildman–Crippen MR) is 103 cm³/mol. The average molecular weight is 365 g/mol. The maximum Gasteiger partial charge on any atom is 0.239 e. The van der Waals surface area contributed by atoms with Gasteiger partial charge in [0.15, 0.2) is 0 Å². The first-order valence-corrected chi connectivity index (χ1v) is 10.7. The van der Waals surface area contributed by atoms with Crippen molar-refractivity contribution in [2.45, 2.75) is 57.9 Å². The molecule has 6 heteroatoms. The Balaban J connectivity index is 1.41. The molecule has 3 aliphatic heterocycles. The van der Waals surface area contributed by atoms with E-state index < -0.39 is 0 Å². The fourth-order valence-corrected chi connectivity index (χ4v) is 4.45. The fraction of sp³-hybridized carbons (Fsp3) is 0.900. The van der Waals surface area contributed by atoms with E-state index in [9.17, 15) is 9.59 Å². The molecule has 0 bridgehead atoms. The molecule has 6 nitrogen and oxygen atoms in total. The zero-order valence-corrected chi connectivity index (χ0v) is 16.5. The Morgan fingerprint density at radius 1 is 0.692 bits per heavy atom. The van der Waals surface area contributed by atoms with Gasteiger partial charge in [-0.1, -0.05) is 12.8 Å². The lowest BCUT2D eigenvalue weighted by Crippen LogP contribution is -2.56. The van der Waals surface area contributed by atoms with Crippen molar-refractivity contribution in [3.8, 4) is 0 Å². The van der Waals surface area contributed by atoms with Crippen LogP contribution >= 0.6 is 0 Å². The zero-order valence-electron chi connectivity index (χ0n) is 16.5. The number of hydrogen-bond donors (Lipinski definition) is 0. The summed E-state index contributed by atoms with van der Waals surface area (Å²) in [5.74, 6) is 0.580. The van der Waals surface area contributed by atoms with Crippen molar-refractivity contribution in [2.24, 2.45) is 0 Å². The highest BCUT2D eigenvalue weighted by Gasteiger charge is 2.30. The van der Waals surface area contributed by atoms with Gasteiger partial charge in [-0.15, -0.1) is 0 Å². The van der Waals surface area contributed by atoms with Gasteiger partial charge in [-0.05, 0) is 39.0 Å². The second-order valence-corrected chi connectivity index (χ2v) is 8.17. The van der Waals surface area contributed by atoms with Crippen molar-refractivity contribution in [3.63, 3.8) is 0 Å². The van der Waals surface area contributed by atoms with Crippen molar-refractivity contribution in [1.82, 2.24) is 19.6 Å². The largest absolute Gasteiger partial charge is 0.342 e. The number of rotatable bonds is 4. The van der Waals surface area contributed by atoms with E-state index in [1.165, 1.54) is 19.3 Å². The monoisotopic (exact) mass is 364 g/mol. The maximum absolute atomic E-state index is 12.7. The lowest BCUT2D eigenvalue weighted by molar-refractivity contribution is -0.139. The molecule has 3 heterocycles. The summed E-state index contributed by atoms with van der Waals surface area (Å²) in [6, 6.07) is -0.0310. The third-order valence-electron chi connectivity index (χ3n) is 6.30. The first kappa shape index (κ1) is 19.6. The molecule has 148 valence electrons. The maximum atomic E-state index is 12.7. The van der Waals surface area contributed by atoms with Crippen LogP contribution in [0.4, 0.5) is 0 Å². The Morgan fingerprint density at radius 2 is 1.19 bits per heavy atom. The molecule has 3 rings (SSSR count). The number of amides is 2. The number of hydrogen-bond acceptors (Lipinski definition) is 4. The summed E-state index contributed by atoms with van der Waals surface area (Å²) < 4.78 is 0. The van der Waals surface area contributed by atoms with Crippen molar-refractivity contribution in [3.05, 3.63) is 0 Å². The summed E-state index contributed by atoms with van der Waals surface area (Å²) in [7, 11) is 0. The molecule has 3 fully saturated rings. The van der Waals surface area contributed by atoms with Crippen LogP contribution in [0.3, 0.4) is 0 Å². The van der Waals surface area contributed by atoms with E-state index in [4.69, 9.17) is 0 Å². The molecule has 2 amide bonds. The predicted octanol–water partition coefficient (Wildman–Crippen LogP) is 1.41. The van der Waals surface area contributed by atoms with Gasteiger partial charge in [0.2, 0.25) is 11.8 Å². The third-order valence-corrected chi connectivity index (χ3v) is 6.30. The Morgan fingerprint density at radius 3 is 1.77 bits per heavy atom. The molecular formula is C20H36N4O2. The number of piperazine rings is 1. The van der Waals surface area contributed by atoms with Crippen LogP contribution < -0.4 is 0 Å². The highest BCUT2D eigenvalue weighted by Crippen LogP contribution is 2.15. The van der Waals surface area contributed by atoms with Crippen molar-refractivity contribution >= 4 is 11.8 Å². The Kier molecular flexibility index (Phi) is 7.32. The molecule has 0 aromatic heterocycles. The van der Waals surface area contributed by atoms with Crippen LogP contribution in [0.25, 0.3) is 0 Å². The molecule has 3 saturated heterocycles. The van der Waals surface area contributed by atoms with E-state index in [2.05, 4.69) is 21.6 Å². The molecule has 26 heavy (non-hydrogen) atoms. The standard InChI is InChI=1S/C20H36N4O2/c1-18(20(26)24-11-7-4-8-12-24)22-15-13-21(14-16-22)17-19(25)23-9-5-2-3-6-10-23/h18H,2-17H2,1H3. The van der Waals surface area contributed by atoms with Gasteiger partial charge in [-0.2, -0.15) is 0 Å². The highest BCUT2D eigenvalue weighted by molar-refractivity contribution is 5.81. The van der Waals surface area contributed by atoms with Gasteiger partial charge >= 0.3 is 0 Å². The minimum absolute atomic E-state index is 0.0310. The molecule has 0 spiro atoms. The van der Waals surface area contributed by atoms with Gasteiger partial charge in [-0.25, -0.2) is 0 Å². The number of likely N-dealkylation sites (tertiary alicyclic amines) is 2. The minimum atomic E-state index is -0.0310. The highest BCUT2D eigenvalue weighted by atomic mass is 16.2. The van der Waals surface area contributed by atoms with Gasteiger partial charge in [0.05, 0.1) is 12.6 Å². The lowest BCUT2D eigenvalue weighted by Gasteiger charge is -2.39. The van der Waals surface area contributed by atoms with Crippen LogP contribution in [-0.4, -0.2) is 96.4 Å². The van der Waals surface area contributed by atoms with Gasteiger partial charge in [-0.3, -0.25) is 19.4 Å². The molecule has 0 aromatic rings. The molecule has 1 atom stereocenters. The first-order valence-electron chi connectivity index (χ1n) is 10.7. The molecule has 0 saturated carbocycles. The van der Waals surface area contributed by atoms with E-state index in [0.29, 0.717) is 12.5 Å². The Hall–Kier alpha value is -1.14. The average Bonchev–Trinajstić information content (AvgIpc) is 2.98. The molecule has 0 aromatic carbocycles. The van der Waals surface area contributed by atoms with Crippen LogP contribution in [0.5, 0.6) is 0 Å². The van der Waals surface area contributed by atoms with Crippen molar-refractivity contribution in [2.75, 3.05) is 58.9 Å². The van der Waals surface area contributed by atoms with Gasteiger partial charge in [0.1, 0.15) is 0 Å². The first-order chi connectivity index (χ1) is 12.6. The summed E-state index contributed by atoms with van der Waals surface area (Å²) >= 11 is 0. The lowest BCUT2D eigenvalue weighted by atomic mass is 10.1. The number of nitrogens with zero attached hydrogens (tertiary/aromatic N) is 4. The zero-order chi connectivity index (χ0) is 18.4. The van der Waals surface area contributed by atoms with Crippen molar-refractivity contribution < 1.29 is 9.59 Å². The SMILES string of the molecule is CC(C(=O)N1CCCCC1)N1CCN(CC(=O)N2CCCCCC2)CC1. The van der Waals surface area contributed by atoms with E-state index in [0.717, 1.165) is 78.0 Å². The smallest absolute Gasteiger partial charge is 0.239 e. The number of carbonyl (C=O) groups is 2. The summed E-state index contributed by atoms with van der Waals surface area (Å²) in [6.07, 6.45) is 8.35. The topological polar surface area (TPSA) is 47.1 Å². The summed E-state index contributed by atoms with van der Waals surface area (Å²) in [4.78, 5) is 33.9. The normalized spacial score (nSPS) is 25.0. The number of carbonyl (C=O) groups excluding carboxylic acids is 2. The van der Waals surface area contributed by atoms with Crippen LogP contribution in [0.1, 0.15) is 51.9 Å². The summed E-state index contributed by atoms with van der Waals surface area (Å²) in [5, 5.41) is 0. The van der Waals surface area contributed by atoms with Crippen LogP contribution in [0.2, 0.25) is 0 Å². The van der Waals surface area contributed by atoms with Crippen LogP contribution in [0.15, 0.2) is 0 Å². The fourth-order valence-electron chi connectivity index (χ4n) is 4.45. The molecule has 3 aliphatic rings. The Bertz CT molecular complexity index is 462. The van der Waals surface area contributed by atoms with Crippen LogP contribution in [0, 0.1) is 0 Å². The van der Waals surface area contributed by atoms with E-state index >= 15 is 0 Å². The second-order valence-electron chi connectivity index (χ2n) is 8.17. The quantitative estimate of drug-likeness (QED) is 0.757.